The van der Waals surface area contributed by atoms with Crippen LogP contribution in [0.4, 0.5) is 0 Å². The van der Waals surface area contributed by atoms with Crippen LogP contribution in [-0.4, -0.2) is 5.78 Å². The van der Waals surface area contributed by atoms with Crippen LogP contribution in [0.5, 0.6) is 0 Å². The van der Waals surface area contributed by atoms with Crippen LogP contribution in [0, 0.1) is 29.6 Å². The zero-order valence-electron chi connectivity index (χ0n) is 21.1. The van der Waals surface area contributed by atoms with E-state index in [-0.39, 0.29) is 0 Å². The molecule has 0 N–H and O–H groups in total. The van der Waals surface area contributed by atoms with Gasteiger partial charge in [0.2, 0.25) is 0 Å². The number of fused-ring (bicyclic) bond motifs is 1. The molecule has 3 aliphatic carbocycles. The molecular weight excluding hydrogens is 376 g/mol. The quantitative estimate of drug-likeness (QED) is 0.251. The number of hydrogen-bond donors (Lipinski definition) is 0. The first kappa shape index (κ1) is 25.3. The van der Waals surface area contributed by atoms with Crippen molar-refractivity contribution in [2.75, 3.05) is 0 Å². The van der Waals surface area contributed by atoms with Gasteiger partial charge in [-0.15, -0.1) is 0 Å². The van der Waals surface area contributed by atoms with Crippen LogP contribution in [0.3, 0.4) is 0 Å². The van der Waals surface area contributed by atoms with Crippen LogP contribution in [0.1, 0.15) is 155 Å². The number of unbranched alkanes of at least 4 members (excludes halogenated alkanes) is 9. The number of carbonyl (C=O) groups is 1. The molecule has 3 unspecified atom stereocenters. The molecule has 3 rings (SSSR count). The van der Waals surface area contributed by atoms with Gasteiger partial charge >= 0.3 is 0 Å². The van der Waals surface area contributed by atoms with E-state index in [9.17, 15) is 4.79 Å². The van der Waals surface area contributed by atoms with Crippen molar-refractivity contribution in [3.05, 3.63) is 0 Å². The van der Waals surface area contributed by atoms with Gasteiger partial charge in [0.1, 0.15) is 5.78 Å². The van der Waals surface area contributed by atoms with Gasteiger partial charge in [0.25, 0.3) is 0 Å². The molecule has 0 amide bonds. The maximum atomic E-state index is 11.7. The van der Waals surface area contributed by atoms with Crippen LogP contribution >= 0.6 is 0 Å². The molecule has 3 atom stereocenters. The van der Waals surface area contributed by atoms with Gasteiger partial charge in [-0.05, 0) is 48.9 Å². The van der Waals surface area contributed by atoms with Crippen molar-refractivity contribution in [2.45, 2.75) is 155 Å². The summed E-state index contributed by atoms with van der Waals surface area (Å²) >= 11 is 0. The number of Topliss-reactive ketones (excluding diaryl/α,β-unsaturated/α-hetero) is 1. The van der Waals surface area contributed by atoms with Crippen LogP contribution < -0.4 is 0 Å². The van der Waals surface area contributed by atoms with Crippen LogP contribution in [0.2, 0.25) is 0 Å². The molecule has 0 aromatic heterocycles. The van der Waals surface area contributed by atoms with Crippen molar-refractivity contribution < 1.29 is 4.79 Å². The van der Waals surface area contributed by atoms with Gasteiger partial charge in [0.05, 0.1) is 0 Å². The van der Waals surface area contributed by atoms with E-state index in [2.05, 4.69) is 6.92 Å². The Morgan fingerprint density at radius 2 is 1.13 bits per heavy atom. The fourth-order valence-corrected chi connectivity index (χ4v) is 7.25. The number of carbonyl (C=O) groups excluding carboxylic acids is 1. The van der Waals surface area contributed by atoms with Crippen molar-refractivity contribution in [3.8, 4) is 0 Å². The Bertz CT molecular complexity index is 475. The summed E-state index contributed by atoms with van der Waals surface area (Å²) in [7, 11) is 0. The highest BCUT2D eigenvalue weighted by molar-refractivity contribution is 5.79. The van der Waals surface area contributed by atoms with E-state index >= 15 is 0 Å². The highest BCUT2D eigenvalue weighted by Gasteiger charge is 2.35. The van der Waals surface area contributed by atoms with Crippen molar-refractivity contribution in [1.29, 1.82) is 0 Å². The summed E-state index contributed by atoms with van der Waals surface area (Å²) in [5.41, 5.74) is 0. The topological polar surface area (TPSA) is 17.1 Å². The summed E-state index contributed by atoms with van der Waals surface area (Å²) in [6.07, 6.45) is 32.5. The predicted octanol–water partition coefficient (Wildman–Crippen LogP) is 9.67. The summed E-state index contributed by atoms with van der Waals surface area (Å²) < 4.78 is 0. The first-order valence-corrected chi connectivity index (χ1v) is 14.8. The minimum atomic E-state index is 0.550. The molecule has 0 aromatic rings. The lowest BCUT2D eigenvalue weighted by atomic mass is 9.66. The third-order valence-electron chi connectivity index (χ3n) is 9.45. The molecule has 0 heterocycles. The van der Waals surface area contributed by atoms with Crippen molar-refractivity contribution in [2.24, 2.45) is 29.6 Å². The van der Waals surface area contributed by atoms with Crippen LogP contribution in [0.15, 0.2) is 0 Å². The number of rotatable bonds is 14. The molecule has 1 heteroatoms. The molecule has 3 saturated carbocycles. The number of ketones is 1. The molecule has 180 valence electrons. The van der Waals surface area contributed by atoms with Crippen molar-refractivity contribution in [3.63, 3.8) is 0 Å². The third kappa shape index (κ3) is 9.59. The maximum absolute atomic E-state index is 11.7. The first-order valence-electron chi connectivity index (χ1n) is 14.8. The van der Waals surface area contributed by atoms with E-state index in [0.717, 1.165) is 42.4 Å². The van der Waals surface area contributed by atoms with E-state index in [1.807, 2.05) is 0 Å². The molecule has 3 aliphatic rings. The van der Waals surface area contributed by atoms with E-state index in [1.165, 1.54) is 135 Å². The molecule has 0 saturated heterocycles. The molecule has 0 aromatic carbocycles. The Balaban J connectivity index is 1.15. The van der Waals surface area contributed by atoms with Gasteiger partial charge in [0.15, 0.2) is 0 Å². The van der Waals surface area contributed by atoms with Gasteiger partial charge in [-0.3, -0.25) is 4.79 Å². The standard InChI is InChI=1S/C30H54O/c1-2-3-4-5-6-7-8-9-10-11-12-25-13-15-26(16-14-25)17-18-27-19-20-29-24-30(31)22-21-28(29)23-27/h25-29H,2-24H2,1H3. The smallest absolute Gasteiger partial charge is 0.133 e. The first-order chi connectivity index (χ1) is 15.2. The molecular formula is C30H54O. The summed E-state index contributed by atoms with van der Waals surface area (Å²) in [4.78, 5) is 11.7. The zero-order valence-corrected chi connectivity index (χ0v) is 21.1. The second-order valence-corrected chi connectivity index (χ2v) is 11.9. The predicted molar refractivity (Wildman–Crippen MR) is 134 cm³/mol. The minimum Gasteiger partial charge on any atom is -0.300 e. The third-order valence-corrected chi connectivity index (χ3v) is 9.45. The van der Waals surface area contributed by atoms with E-state index < -0.39 is 0 Å². The average Bonchev–Trinajstić information content (AvgIpc) is 2.79. The van der Waals surface area contributed by atoms with Gasteiger partial charge in [-0.2, -0.15) is 0 Å². The van der Waals surface area contributed by atoms with Crippen LogP contribution in [0.25, 0.3) is 0 Å². The summed E-state index contributed by atoms with van der Waals surface area (Å²) in [6.45, 7) is 2.31. The minimum absolute atomic E-state index is 0.550. The van der Waals surface area contributed by atoms with Gasteiger partial charge in [0, 0.05) is 12.8 Å². The van der Waals surface area contributed by atoms with Gasteiger partial charge in [-0.25, -0.2) is 0 Å². The SMILES string of the molecule is CCCCCCCCCCCCC1CCC(CCC2CCC3CC(=O)CCC3C2)CC1. The Labute approximate surface area is 194 Å². The fraction of sp³-hybridized carbons (Fsp3) is 0.967. The molecule has 1 nitrogen and oxygen atoms in total. The van der Waals surface area contributed by atoms with Gasteiger partial charge in [-0.1, -0.05) is 122 Å². The second-order valence-electron chi connectivity index (χ2n) is 11.9. The zero-order chi connectivity index (χ0) is 21.7. The molecule has 0 bridgehead atoms. The fourth-order valence-electron chi connectivity index (χ4n) is 7.25. The molecule has 3 fully saturated rings. The maximum Gasteiger partial charge on any atom is 0.133 e. The summed E-state index contributed by atoms with van der Waals surface area (Å²) in [5, 5.41) is 0. The summed E-state index contributed by atoms with van der Waals surface area (Å²) in [6, 6.07) is 0. The van der Waals surface area contributed by atoms with Gasteiger partial charge < -0.3 is 0 Å². The Kier molecular flexibility index (Phi) is 12.0. The van der Waals surface area contributed by atoms with Crippen molar-refractivity contribution in [1.82, 2.24) is 0 Å². The largest absolute Gasteiger partial charge is 0.300 e. The van der Waals surface area contributed by atoms with E-state index in [4.69, 9.17) is 0 Å². The highest BCUT2D eigenvalue weighted by Crippen LogP contribution is 2.44. The average molecular weight is 431 g/mol. The molecule has 0 aliphatic heterocycles. The normalized spacial score (nSPS) is 31.5. The second kappa shape index (κ2) is 14.7. The number of hydrogen-bond acceptors (Lipinski definition) is 1. The molecule has 31 heavy (non-hydrogen) atoms. The monoisotopic (exact) mass is 430 g/mol. The lowest BCUT2D eigenvalue weighted by Gasteiger charge is -2.39. The van der Waals surface area contributed by atoms with E-state index in [1.54, 1.807) is 0 Å². The van der Waals surface area contributed by atoms with E-state index in [0.29, 0.717) is 5.78 Å². The summed E-state index contributed by atoms with van der Waals surface area (Å²) in [5.74, 6) is 5.29. The molecule has 0 radical (unpaired) electrons. The highest BCUT2D eigenvalue weighted by atomic mass is 16.1. The Hall–Kier alpha value is -0.330. The Morgan fingerprint density at radius 3 is 1.81 bits per heavy atom. The Morgan fingerprint density at radius 1 is 0.581 bits per heavy atom. The lowest BCUT2D eigenvalue weighted by molar-refractivity contribution is -0.123. The van der Waals surface area contributed by atoms with Crippen molar-refractivity contribution >= 4 is 5.78 Å². The molecule has 0 spiro atoms. The van der Waals surface area contributed by atoms with Crippen LogP contribution in [-0.2, 0) is 4.79 Å². The lowest BCUT2D eigenvalue weighted by Crippen LogP contribution is -2.31.